The van der Waals surface area contributed by atoms with E-state index in [2.05, 4.69) is 5.16 Å². The highest BCUT2D eigenvalue weighted by atomic mass is 16.5. The fourth-order valence-corrected chi connectivity index (χ4v) is 2.59. The lowest BCUT2D eigenvalue weighted by Gasteiger charge is -2.13. The molecule has 0 amide bonds. The number of benzene rings is 2. The predicted molar refractivity (Wildman–Crippen MR) is 91.2 cm³/mol. The molecule has 122 valence electrons. The van der Waals surface area contributed by atoms with E-state index in [0.717, 1.165) is 11.1 Å². The van der Waals surface area contributed by atoms with E-state index in [1.165, 1.54) is 0 Å². The minimum Gasteiger partial charge on any atom is -0.459 e. The van der Waals surface area contributed by atoms with Crippen LogP contribution in [0.4, 0.5) is 0 Å². The molecular weight excluding hydrogens is 302 g/mol. The first-order valence-electron chi connectivity index (χ1n) is 8.00. The van der Waals surface area contributed by atoms with Gasteiger partial charge in [0.1, 0.15) is 12.3 Å². The molecule has 2 aromatic carbocycles. The van der Waals surface area contributed by atoms with Gasteiger partial charge in [-0.25, -0.2) is 0 Å². The molecule has 1 aromatic heterocycles. The van der Waals surface area contributed by atoms with E-state index >= 15 is 0 Å². The molecule has 0 spiro atoms. The summed E-state index contributed by atoms with van der Waals surface area (Å²) in [6.45, 7) is 2.08. The van der Waals surface area contributed by atoms with Gasteiger partial charge in [-0.1, -0.05) is 72.7 Å². The number of rotatable bonds is 6. The molecule has 0 fully saturated rings. The van der Waals surface area contributed by atoms with Crippen molar-refractivity contribution in [2.75, 3.05) is 0 Å². The summed E-state index contributed by atoms with van der Waals surface area (Å²) < 4.78 is 10.7. The van der Waals surface area contributed by atoms with Crippen LogP contribution >= 0.6 is 0 Å². The fourth-order valence-electron chi connectivity index (χ4n) is 2.59. The molecule has 0 saturated carbocycles. The van der Waals surface area contributed by atoms with Gasteiger partial charge in [0.05, 0.1) is 5.92 Å². The zero-order chi connectivity index (χ0) is 16.8. The molecule has 1 atom stereocenters. The predicted octanol–water partition coefficient (Wildman–Crippen LogP) is 4.58. The standard InChI is InChI=1S/C20H19NO3/c1-2-18(15-9-5-3-6-10-15)20(22)23-14-17-13-19(24-21-17)16-11-7-4-8-12-16/h3-13,18H,2,14H2,1H3. The average Bonchev–Trinajstić information content (AvgIpc) is 3.11. The van der Waals surface area contributed by atoms with Crippen molar-refractivity contribution in [2.45, 2.75) is 25.9 Å². The maximum absolute atomic E-state index is 12.3. The van der Waals surface area contributed by atoms with Gasteiger partial charge in [-0.2, -0.15) is 0 Å². The van der Waals surface area contributed by atoms with Gasteiger partial charge in [-0.3, -0.25) is 4.79 Å². The smallest absolute Gasteiger partial charge is 0.313 e. The maximum atomic E-state index is 12.3. The van der Waals surface area contributed by atoms with Gasteiger partial charge in [0, 0.05) is 11.6 Å². The van der Waals surface area contributed by atoms with Gasteiger partial charge in [0.25, 0.3) is 0 Å². The van der Waals surface area contributed by atoms with Crippen LogP contribution in [0.2, 0.25) is 0 Å². The van der Waals surface area contributed by atoms with E-state index in [9.17, 15) is 4.79 Å². The Morgan fingerprint density at radius 1 is 1.08 bits per heavy atom. The van der Waals surface area contributed by atoms with E-state index < -0.39 is 0 Å². The number of carbonyl (C=O) groups excluding carboxylic acids is 1. The lowest BCUT2D eigenvalue weighted by molar-refractivity contribution is -0.147. The number of nitrogens with zero attached hydrogens (tertiary/aromatic N) is 1. The SMILES string of the molecule is CCC(C(=O)OCc1cc(-c2ccccc2)on1)c1ccccc1. The molecule has 0 bridgehead atoms. The zero-order valence-corrected chi connectivity index (χ0v) is 13.5. The molecule has 0 aliphatic heterocycles. The Kier molecular flexibility index (Phi) is 5.06. The number of hydrogen-bond donors (Lipinski definition) is 0. The van der Waals surface area contributed by atoms with Crippen LogP contribution in [-0.4, -0.2) is 11.1 Å². The maximum Gasteiger partial charge on any atom is 0.313 e. The molecular formula is C20H19NO3. The van der Waals surface area contributed by atoms with Gasteiger partial charge in [0.15, 0.2) is 5.76 Å². The Balaban J connectivity index is 1.63. The third-order valence-corrected chi connectivity index (χ3v) is 3.87. The van der Waals surface area contributed by atoms with Gasteiger partial charge in [-0.15, -0.1) is 0 Å². The normalized spacial score (nSPS) is 11.9. The third kappa shape index (κ3) is 3.71. The number of aromatic nitrogens is 1. The minimum absolute atomic E-state index is 0.110. The molecule has 3 aromatic rings. The van der Waals surface area contributed by atoms with Crippen LogP contribution in [0.15, 0.2) is 71.3 Å². The quantitative estimate of drug-likeness (QED) is 0.624. The summed E-state index contributed by atoms with van der Waals surface area (Å²) in [6.07, 6.45) is 0.691. The Morgan fingerprint density at radius 3 is 2.42 bits per heavy atom. The lowest BCUT2D eigenvalue weighted by atomic mass is 9.97. The number of ether oxygens (including phenoxy) is 1. The second kappa shape index (κ2) is 7.59. The van der Waals surface area contributed by atoms with Gasteiger partial charge in [0.2, 0.25) is 0 Å². The second-order valence-electron chi connectivity index (χ2n) is 5.53. The van der Waals surface area contributed by atoms with Crippen LogP contribution in [0, 0.1) is 0 Å². The Morgan fingerprint density at radius 2 is 1.75 bits per heavy atom. The zero-order valence-electron chi connectivity index (χ0n) is 13.5. The summed E-state index contributed by atoms with van der Waals surface area (Å²) in [5.41, 5.74) is 2.51. The third-order valence-electron chi connectivity index (χ3n) is 3.87. The van der Waals surface area contributed by atoms with E-state index in [1.807, 2.05) is 67.6 Å². The molecule has 4 heteroatoms. The van der Waals surface area contributed by atoms with Gasteiger partial charge >= 0.3 is 5.97 Å². The Hall–Kier alpha value is -2.88. The van der Waals surface area contributed by atoms with Crippen LogP contribution in [0.25, 0.3) is 11.3 Å². The van der Waals surface area contributed by atoms with E-state index in [4.69, 9.17) is 9.26 Å². The highest BCUT2D eigenvalue weighted by molar-refractivity contribution is 5.78. The summed E-state index contributed by atoms with van der Waals surface area (Å²) in [5, 5.41) is 3.97. The summed E-state index contributed by atoms with van der Waals surface area (Å²) in [5.74, 6) is 0.163. The van der Waals surface area contributed by atoms with Crippen LogP contribution < -0.4 is 0 Å². The molecule has 0 aliphatic carbocycles. The van der Waals surface area contributed by atoms with Crippen LogP contribution in [0.5, 0.6) is 0 Å². The highest BCUT2D eigenvalue weighted by Gasteiger charge is 2.20. The molecule has 0 saturated heterocycles. The van der Waals surface area contributed by atoms with Crippen molar-refractivity contribution in [2.24, 2.45) is 0 Å². The minimum atomic E-state index is -0.258. The highest BCUT2D eigenvalue weighted by Crippen LogP contribution is 2.23. The van der Waals surface area contributed by atoms with Crippen molar-refractivity contribution in [3.05, 3.63) is 78.0 Å². The first-order chi connectivity index (χ1) is 11.8. The molecule has 3 rings (SSSR count). The van der Waals surface area contributed by atoms with Crippen LogP contribution in [-0.2, 0) is 16.1 Å². The molecule has 24 heavy (non-hydrogen) atoms. The Labute approximate surface area is 141 Å². The fraction of sp³-hybridized carbons (Fsp3) is 0.200. The largest absolute Gasteiger partial charge is 0.459 e. The summed E-state index contributed by atoms with van der Waals surface area (Å²) in [6, 6.07) is 21.2. The topological polar surface area (TPSA) is 52.3 Å². The summed E-state index contributed by atoms with van der Waals surface area (Å²) in [7, 11) is 0. The van der Waals surface area contributed by atoms with Crippen molar-refractivity contribution in [3.63, 3.8) is 0 Å². The number of hydrogen-bond acceptors (Lipinski definition) is 4. The number of esters is 1. The van der Waals surface area contributed by atoms with Crippen molar-refractivity contribution < 1.29 is 14.1 Å². The monoisotopic (exact) mass is 321 g/mol. The molecule has 4 nitrogen and oxygen atoms in total. The molecule has 0 N–H and O–H groups in total. The average molecular weight is 321 g/mol. The van der Waals surface area contributed by atoms with Crippen LogP contribution in [0.1, 0.15) is 30.5 Å². The summed E-state index contributed by atoms with van der Waals surface area (Å²) in [4.78, 5) is 12.3. The molecule has 1 unspecified atom stereocenters. The molecule has 0 aliphatic rings. The van der Waals surface area contributed by atoms with Crippen molar-refractivity contribution in [1.82, 2.24) is 5.16 Å². The van der Waals surface area contributed by atoms with Crippen molar-refractivity contribution >= 4 is 5.97 Å². The number of carbonyl (C=O) groups is 1. The Bertz CT molecular complexity index is 781. The van der Waals surface area contributed by atoms with Crippen molar-refractivity contribution in [3.8, 4) is 11.3 Å². The van der Waals surface area contributed by atoms with Crippen molar-refractivity contribution in [1.29, 1.82) is 0 Å². The first-order valence-corrected chi connectivity index (χ1v) is 8.00. The first kappa shape index (κ1) is 16.0. The van der Waals surface area contributed by atoms with E-state index in [-0.39, 0.29) is 18.5 Å². The van der Waals surface area contributed by atoms with Gasteiger partial charge in [-0.05, 0) is 12.0 Å². The summed E-state index contributed by atoms with van der Waals surface area (Å²) >= 11 is 0. The van der Waals surface area contributed by atoms with E-state index in [1.54, 1.807) is 6.07 Å². The second-order valence-corrected chi connectivity index (χ2v) is 5.53. The van der Waals surface area contributed by atoms with Gasteiger partial charge < -0.3 is 9.26 Å². The molecule has 1 heterocycles. The van der Waals surface area contributed by atoms with Crippen LogP contribution in [0.3, 0.4) is 0 Å². The molecule has 0 radical (unpaired) electrons. The van der Waals surface area contributed by atoms with E-state index in [0.29, 0.717) is 17.9 Å². The lowest BCUT2D eigenvalue weighted by Crippen LogP contribution is -2.15.